The molecule has 0 saturated carbocycles. The van der Waals surface area contributed by atoms with Crippen molar-refractivity contribution in [1.82, 2.24) is 4.98 Å². The largest absolute Gasteiger partial charge is 0.324 e. The van der Waals surface area contributed by atoms with Crippen molar-refractivity contribution in [2.24, 2.45) is 5.73 Å². The van der Waals surface area contributed by atoms with E-state index in [4.69, 9.17) is 5.73 Å². The van der Waals surface area contributed by atoms with Gasteiger partial charge in [-0.25, -0.2) is 0 Å². The molecule has 0 unspecified atom stereocenters. The Bertz CT molecular complexity index is 281. The zero-order valence-corrected chi connectivity index (χ0v) is 6.67. The molecule has 0 fully saturated rings. The molecule has 2 rings (SSSR count). The first-order valence-corrected chi connectivity index (χ1v) is 3.98. The number of rotatable bonds is 0. The first-order valence-electron chi connectivity index (χ1n) is 3.98. The van der Waals surface area contributed by atoms with Gasteiger partial charge in [-0.1, -0.05) is 0 Å². The lowest BCUT2D eigenvalue weighted by Gasteiger charge is -2.03. The van der Waals surface area contributed by atoms with Crippen LogP contribution in [0.3, 0.4) is 0 Å². The molecule has 0 radical (unpaired) electrons. The Balaban J connectivity index is 2.50. The number of nitrogens with zero attached hydrogens (tertiary/aromatic N) is 1. The predicted molar refractivity (Wildman–Crippen MR) is 44.2 cm³/mol. The highest BCUT2D eigenvalue weighted by molar-refractivity contribution is 5.33. The Morgan fingerprint density at radius 2 is 2.45 bits per heavy atom. The van der Waals surface area contributed by atoms with Crippen molar-refractivity contribution >= 4 is 0 Å². The Labute approximate surface area is 66.4 Å². The van der Waals surface area contributed by atoms with Gasteiger partial charge in [0.15, 0.2) is 0 Å². The van der Waals surface area contributed by atoms with Crippen molar-refractivity contribution in [3.8, 4) is 0 Å². The van der Waals surface area contributed by atoms with Gasteiger partial charge in [0.05, 0.1) is 0 Å². The topological polar surface area (TPSA) is 38.9 Å². The van der Waals surface area contributed by atoms with E-state index in [-0.39, 0.29) is 6.04 Å². The summed E-state index contributed by atoms with van der Waals surface area (Å²) in [4.78, 5) is 4.22. The average molecular weight is 148 g/mol. The van der Waals surface area contributed by atoms with Gasteiger partial charge >= 0.3 is 0 Å². The van der Waals surface area contributed by atoms with Crippen molar-refractivity contribution in [3.63, 3.8) is 0 Å². The quantitative estimate of drug-likeness (QED) is 0.603. The van der Waals surface area contributed by atoms with E-state index in [1.54, 1.807) is 0 Å². The number of pyridine rings is 1. The number of hydrogen-bond donors (Lipinski definition) is 1. The van der Waals surface area contributed by atoms with Crippen LogP contribution in [-0.2, 0) is 6.42 Å². The Morgan fingerprint density at radius 1 is 1.64 bits per heavy atom. The fraction of sp³-hybridized carbons (Fsp3) is 0.444. The highest BCUT2D eigenvalue weighted by Gasteiger charge is 2.18. The molecular formula is C9H12N2. The van der Waals surface area contributed by atoms with Crippen molar-refractivity contribution in [3.05, 3.63) is 29.1 Å². The predicted octanol–water partition coefficient (Wildman–Crippen LogP) is 1.34. The molecule has 0 aromatic carbocycles. The summed E-state index contributed by atoms with van der Waals surface area (Å²) in [6.45, 7) is 2.02. The smallest absolute Gasteiger partial charge is 0.0375 e. The van der Waals surface area contributed by atoms with Gasteiger partial charge in [-0.15, -0.1) is 0 Å². The van der Waals surface area contributed by atoms with E-state index in [1.165, 1.54) is 11.1 Å². The monoisotopic (exact) mass is 148 g/mol. The van der Waals surface area contributed by atoms with Crippen LogP contribution in [0.15, 0.2) is 12.3 Å². The van der Waals surface area contributed by atoms with E-state index in [0.717, 1.165) is 18.5 Å². The second kappa shape index (κ2) is 2.31. The lowest BCUT2D eigenvalue weighted by molar-refractivity contribution is 0.712. The lowest BCUT2D eigenvalue weighted by Crippen LogP contribution is -2.05. The number of fused-ring (bicyclic) bond motifs is 1. The molecule has 1 aliphatic carbocycles. The minimum Gasteiger partial charge on any atom is -0.324 e. The van der Waals surface area contributed by atoms with Crippen molar-refractivity contribution in [2.45, 2.75) is 25.8 Å². The van der Waals surface area contributed by atoms with Gasteiger partial charge in [0, 0.05) is 17.9 Å². The third-order valence-corrected chi connectivity index (χ3v) is 2.29. The summed E-state index contributed by atoms with van der Waals surface area (Å²) in [5.41, 5.74) is 9.59. The SMILES string of the molecule is Cc1cc2c(cn1)[C@H](N)CC2. The molecular weight excluding hydrogens is 136 g/mol. The van der Waals surface area contributed by atoms with Gasteiger partial charge in [-0.05, 0) is 37.0 Å². The van der Waals surface area contributed by atoms with Gasteiger partial charge in [0.2, 0.25) is 0 Å². The van der Waals surface area contributed by atoms with Crippen LogP contribution in [0.4, 0.5) is 0 Å². The maximum absolute atomic E-state index is 5.86. The summed E-state index contributed by atoms with van der Waals surface area (Å²) in [6.07, 6.45) is 4.13. The summed E-state index contributed by atoms with van der Waals surface area (Å²) in [6, 6.07) is 2.38. The Morgan fingerprint density at radius 3 is 3.27 bits per heavy atom. The molecule has 1 aromatic heterocycles. The molecule has 2 nitrogen and oxygen atoms in total. The molecule has 11 heavy (non-hydrogen) atoms. The third kappa shape index (κ3) is 1.03. The summed E-state index contributed by atoms with van der Waals surface area (Å²) in [5.74, 6) is 0. The fourth-order valence-corrected chi connectivity index (χ4v) is 1.64. The standard InChI is InChI=1S/C9H12N2/c1-6-4-7-2-3-9(10)8(7)5-11-6/h4-5,9H,2-3,10H2,1H3/t9-/m1/s1. The molecule has 1 heterocycles. The van der Waals surface area contributed by atoms with Crippen LogP contribution in [0.25, 0.3) is 0 Å². The van der Waals surface area contributed by atoms with E-state index in [0.29, 0.717) is 0 Å². The summed E-state index contributed by atoms with van der Waals surface area (Å²) < 4.78 is 0. The van der Waals surface area contributed by atoms with Crippen LogP contribution in [-0.4, -0.2) is 4.98 Å². The molecule has 0 aliphatic heterocycles. The van der Waals surface area contributed by atoms with E-state index >= 15 is 0 Å². The second-order valence-corrected chi connectivity index (χ2v) is 3.17. The number of hydrogen-bond acceptors (Lipinski definition) is 2. The van der Waals surface area contributed by atoms with Gasteiger partial charge in [-0.3, -0.25) is 4.98 Å². The zero-order chi connectivity index (χ0) is 7.84. The minimum absolute atomic E-state index is 0.234. The molecule has 0 amide bonds. The molecule has 58 valence electrons. The Kier molecular flexibility index (Phi) is 1.43. The second-order valence-electron chi connectivity index (χ2n) is 3.17. The van der Waals surface area contributed by atoms with E-state index < -0.39 is 0 Å². The van der Waals surface area contributed by atoms with Gasteiger partial charge < -0.3 is 5.73 Å². The van der Waals surface area contributed by atoms with Crippen LogP contribution in [0.2, 0.25) is 0 Å². The molecule has 1 aromatic rings. The zero-order valence-electron chi connectivity index (χ0n) is 6.67. The van der Waals surface area contributed by atoms with Crippen molar-refractivity contribution in [2.75, 3.05) is 0 Å². The van der Waals surface area contributed by atoms with Crippen LogP contribution in [0, 0.1) is 6.92 Å². The van der Waals surface area contributed by atoms with E-state index in [9.17, 15) is 0 Å². The van der Waals surface area contributed by atoms with Gasteiger partial charge in [0.1, 0.15) is 0 Å². The highest BCUT2D eigenvalue weighted by Crippen LogP contribution is 2.28. The maximum Gasteiger partial charge on any atom is 0.0375 e. The third-order valence-electron chi connectivity index (χ3n) is 2.29. The molecule has 2 N–H and O–H groups in total. The Hall–Kier alpha value is -0.890. The normalized spacial score (nSPS) is 21.8. The average Bonchev–Trinajstić information content (AvgIpc) is 2.32. The van der Waals surface area contributed by atoms with Gasteiger partial charge in [-0.2, -0.15) is 0 Å². The summed E-state index contributed by atoms with van der Waals surface area (Å²) in [5, 5.41) is 0. The number of nitrogens with two attached hydrogens (primary N) is 1. The minimum atomic E-state index is 0.234. The van der Waals surface area contributed by atoms with Crippen molar-refractivity contribution < 1.29 is 0 Å². The summed E-state index contributed by atoms with van der Waals surface area (Å²) >= 11 is 0. The van der Waals surface area contributed by atoms with Crippen molar-refractivity contribution in [1.29, 1.82) is 0 Å². The molecule has 0 saturated heterocycles. The number of aryl methyl sites for hydroxylation is 2. The molecule has 1 aliphatic rings. The maximum atomic E-state index is 5.86. The molecule has 0 spiro atoms. The molecule has 2 heteroatoms. The first-order chi connectivity index (χ1) is 5.27. The lowest BCUT2D eigenvalue weighted by atomic mass is 10.1. The first kappa shape index (κ1) is 6.80. The van der Waals surface area contributed by atoms with Crippen LogP contribution in [0.1, 0.15) is 29.3 Å². The summed E-state index contributed by atoms with van der Waals surface area (Å²) in [7, 11) is 0. The van der Waals surface area contributed by atoms with Crippen LogP contribution >= 0.6 is 0 Å². The van der Waals surface area contributed by atoms with E-state index in [1.807, 2.05) is 13.1 Å². The van der Waals surface area contributed by atoms with Crippen LogP contribution in [0.5, 0.6) is 0 Å². The molecule has 0 bridgehead atoms. The fourth-order valence-electron chi connectivity index (χ4n) is 1.64. The van der Waals surface area contributed by atoms with Crippen LogP contribution < -0.4 is 5.73 Å². The van der Waals surface area contributed by atoms with E-state index in [2.05, 4.69) is 11.1 Å². The highest BCUT2D eigenvalue weighted by atomic mass is 14.7. The molecule has 1 atom stereocenters. The van der Waals surface area contributed by atoms with Gasteiger partial charge in [0.25, 0.3) is 0 Å². The number of aromatic nitrogens is 1.